The van der Waals surface area contributed by atoms with Crippen molar-refractivity contribution in [3.8, 4) is 0 Å². The number of hydrogen-bond acceptors (Lipinski definition) is 2. The van der Waals surface area contributed by atoms with Gasteiger partial charge in [-0.3, -0.25) is 0 Å². The quantitative estimate of drug-likeness (QED) is 0.877. The minimum atomic E-state index is -0.466. The molecule has 0 saturated heterocycles. The Labute approximate surface area is 127 Å². The molecule has 2 aromatic rings. The average Bonchev–Trinajstić information content (AvgIpc) is 2.47. The molecule has 2 rings (SSSR count). The molecule has 0 saturated carbocycles. The molecule has 2 nitrogen and oxygen atoms in total. The van der Waals surface area contributed by atoms with Crippen molar-refractivity contribution in [2.45, 2.75) is 40.1 Å². The summed E-state index contributed by atoms with van der Waals surface area (Å²) in [7, 11) is 0. The fourth-order valence-electron chi connectivity index (χ4n) is 2.21. The summed E-state index contributed by atoms with van der Waals surface area (Å²) in [5.74, 6) is 0. The van der Waals surface area contributed by atoms with Gasteiger partial charge in [-0.1, -0.05) is 75.4 Å². The number of ether oxygens (including phenoxy) is 1. The second kappa shape index (κ2) is 6.88. The first-order valence-corrected chi connectivity index (χ1v) is 7.35. The fraction of sp³-hybridized carbons (Fsp3) is 0.368. The van der Waals surface area contributed by atoms with E-state index in [9.17, 15) is 5.11 Å². The van der Waals surface area contributed by atoms with E-state index >= 15 is 0 Å². The number of rotatable bonds is 5. The van der Waals surface area contributed by atoms with Crippen molar-refractivity contribution in [1.29, 1.82) is 0 Å². The van der Waals surface area contributed by atoms with Crippen LogP contribution in [0.4, 0.5) is 0 Å². The highest BCUT2D eigenvalue weighted by molar-refractivity contribution is 5.25. The summed E-state index contributed by atoms with van der Waals surface area (Å²) >= 11 is 0. The summed E-state index contributed by atoms with van der Waals surface area (Å²) in [6.07, 6.45) is -0.466. The van der Waals surface area contributed by atoms with Crippen LogP contribution in [0.5, 0.6) is 0 Å². The van der Waals surface area contributed by atoms with E-state index in [4.69, 9.17) is 4.74 Å². The van der Waals surface area contributed by atoms with Gasteiger partial charge in [0.25, 0.3) is 0 Å². The molecule has 0 aliphatic heterocycles. The van der Waals surface area contributed by atoms with Crippen LogP contribution >= 0.6 is 0 Å². The normalized spacial score (nSPS) is 13.1. The van der Waals surface area contributed by atoms with Crippen LogP contribution in [-0.4, -0.2) is 5.11 Å². The molecule has 0 radical (unpaired) electrons. The summed E-state index contributed by atoms with van der Waals surface area (Å²) in [6.45, 7) is 7.27. The number of aliphatic hydroxyl groups excluding tert-OH is 1. The van der Waals surface area contributed by atoms with Crippen LogP contribution in [0.3, 0.4) is 0 Å². The third-order valence-corrected chi connectivity index (χ3v) is 3.47. The molecule has 1 atom stereocenters. The molecule has 2 heteroatoms. The van der Waals surface area contributed by atoms with Crippen molar-refractivity contribution in [2.24, 2.45) is 5.41 Å². The summed E-state index contributed by atoms with van der Waals surface area (Å²) in [6, 6.07) is 18.1. The molecule has 0 unspecified atom stereocenters. The van der Waals surface area contributed by atoms with E-state index < -0.39 is 6.10 Å². The minimum absolute atomic E-state index is 0.163. The van der Waals surface area contributed by atoms with Gasteiger partial charge < -0.3 is 9.84 Å². The van der Waals surface area contributed by atoms with Gasteiger partial charge in [-0.2, -0.15) is 0 Å². The van der Waals surface area contributed by atoms with Gasteiger partial charge in [-0.25, -0.2) is 0 Å². The molecule has 0 fully saturated rings. The lowest BCUT2D eigenvalue weighted by molar-refractivity contribution is 0.0622. The monoisotopic (exact) mass is 284 g/mol. The zero-order chi connectivity index (χ0) is 15.3. The molecule has 0 heterocycles. The zero-order valence-corrected chi connectivity index (χ0v) is 13.0. The van der Waals surface area contributed by atoms with Gasteiger partial charge in [-0.15, -0.1) is 0 Å². The van der Waals surface area contributed by atoms with Crippen molar-refractivity contribution in [3.63, 3.8) is 0 Å². The lowest BCUT2D eigenvalue weighted by atomic mass is 9.84. The van der Waals surface area contributed by atoms with Crippen LogP contribution in [0.25, 0.3) is 0 Å². The summed E-state index contributed by atoms with van der Waals surface area (Å²) in [5, 5.41) is 10.3. The zero-order valence-electron chi connectivity index (χ0n) is 13.0. The van der Waals surface area contributed by atoms with Crippen molar-refractivity contribution in [3.05, 3.63) is 71.3 Å². The van der Waals surface area contributed by atoms with Gasteiger partial charge in [0.15, 0.2) is 0 Å². The van der Waals surface area contributed by atoms with E-state index in [0.717, 1.165) is 11.1 Å². The highest BCUT2D eigenvalue weighted by Gasteiger charge is 2.23. The van der Waals surface area contributed by atoms with Gasteiger partial charge in [-0.05, 0) is 22.1 Å². The van der Waals surface area contributed by atoms with Crippen molar-refractivity contribution in [2.75, 3.05) is 0 Å². The predicted octanol–water partition coefficient (Wildman–Crippen LogP) is 4.48. The highest BCUT2D eigenvalue weighted by atomic mass is 16.5. The smallest absolute Gasteiger partial charge is 0.0838 e. The van der Waals surface area contributed by atoms with Gasteiger partial charge in [0, 0.05) is 0 Å². The third kappa shape index (κ3) is 4.69. The Morgan fingerprint density at radius 1 is 0.905 bits per heavy atom. The second-order valence-electron chi connectivity index (χ2n) is 6.49. The first kappa shape index (κ1) is 15.7. The molecular formula is C19H24O2. The number of benzene rings is 2. The summed E-state index contributed by atoms with van der Waals surface area (Å²) in [4.78, 5) is 0. The van der Waals surface area contributed by atoms with Crippen molar-refractivity contribution in [1.82, 2.24) is 0 Å². The first-order chi connectivity index (χ1) is 9.97. The van der Waals surface area contributed by atoms with E-state index in [0.29, 0.717) is 13.2 Å². The Hall–Kier alpha value is -1.64. The largest absolute Gasteiger partial charge is 0.388 e. The number of hydrogen-bond donors (Lipinski definition) is 1. The first-order valence-electron chi connectivity index (χ1n) is 7.35. The van der Waals surface area contributed by atoms with Crippen LogP contribution in [0.2, 0.25) is 0 Å². The van der Waals surface area contributed by atoms with Crippen LogP contribution in [-0.2, 0) is 18.0 Å². The molecule has 1 N–H and O–H groups in total. The van der Waals surface area contributed by atoms with E-state index in [1.807, 2.05) is 63.2 Å². The molecule has 2 aromatic carbocycles. The maximum absolute atomic E-state index is 10.3. The summed E-state index contributed by atoms with van der Waals surface area (Å²) in [5.41, 5.74) is 3.04. The highest BCUT2D eigenvalue weighted by Crippen LogP contribution is 2.32. The molecular weight excluding hydrogens is 260 g/mol. The van der Waals surface area contributed by atoms with E-state index in [-0.39, 0.29) is 5.41 Å². The Bertz CT molecular complexity index is 555. The van der Waals surface area contributed by atoms with Crippen molar-refractivity contribution < 1.29 is 9.84 Å². The second-order valence-corrected chi connectivity index (χ2v) is 6.49. The third-order valence-electron chi connectivity index (χ3n) is 3.47. The summed E-state index contributed by atoms with van der Waals surface area (Å²) < 4.78 is 5.74. The van der Waals surface area contributed by atoms with Crippen LogP contribution in [0.15, 0.2) is 54.6 Å². The maximum atomic E-state index is 10.3. The molecule has 0 spiro atoms. The lowest BCUT2D eigenvalue weighted by Gasteiger charge is -2.26. The Morgan fingerprint density at radius 3 is 2.19 bits per heavy atom. The van der Waals surface area contributed by atoms with Gasteiger partial charge in [0.1, 0.15) is 0 Å². The molecule has 112 valence electrons. The Balaban J connectivity index is 1.95. The van der Waals surface area contributed by atoms with Gasteiger partial charge in [0.2, 0.25) is 0 Å². The predicted molar refractivity (Wildman–Crippen MR) is 85.8 cm³/mol. The molecule has 0 aliphatic carbocycles. The lowest BCUT2D eigenvalue weighted by Crippen LogP contribution is -2.17. The molecule has 0 aromatic heterocycles. The minimum Gasteiger partial charge on any atom is -0.388 e. The van der Waals surface area contributed by atoms with E-state index in [1.165, 1.54) is 5.56 Å². The number of aliphatic hydroxyl groups is 1. The fourth-order valence-corrected chi connectivity index (χ4v) is 2.21. The molecule has 0 amide bonds. The van der Waals surface area contributed by atoms with Gasteiger partial charge >= 0.3 is 0 Å². The van der Waals surface area contributed by atoms with Gasteiger partial charge in [0.05, 0.1) is 19.3 Å². The van der Waals surface area contributed by atoms with Crippen LogP contribution in [0.1, 0.15) is 43.6 Å². The molecule has 0 bridgehead atoms. The van der Waals surface area contributed by atoms with Crippen LogP contribution in [0, 0.1) is 5.41 Å². The van der Waals surface area contributed by atoms with E-state index in [2.05, 4.69) is 12.1 Å². The molecule has 21 heavy (non-hydrogen) atoms. The SMILES string of the molecule is CC(C)(C)[C@@H](O)c1cccc(COCc2ccccc2)c1. The standard InChI is InChI=1S/C19H24O2/c1-19(2,3)18(20)17-11-7-10-16(12-17)14-21-13-15-8-5-4-6-9-15/h4-12,18,20H,13-14H2,1-3H3/t18-/m0/s1. The van der Waals surface area contributed by atoms with Crippen LogP contribution < -0.4 is 0 Å². The van der Waals surface area contributed by atoms with Crippen molar-refractivity contribution >= 4 is 0 Å². The Morgan fingerprint density at radius 2 is 1.52 bits per heavy atom. The average molecular weight is 284 g/mol. The Kier molecular flexibility index (Phi) is 5.16. The topological polar surface area (TPSA) is 29.5 Å². The van der Waals surface area contributed by atoms with E-state index in [1.54, 1.807) is 0 Å². The molecule has 0 aliphatic rings. The maximum Gasteiger partial charge on any atom is 0.0838 e.